The molecule has 0 radical (unpaired) electrons. The Morgan fingerprint density at radius 1 is 1.13 bits per heavy atom. The van der Waals surface area contributed by atoms with Crippen molar-refractivity contribution < 1.29 is 14.7 Å². The number of rotatable bonds is 4. The minimum Gasteiger partial charge on any atom is -0.478 e. The summed E-state index contributed by atoms with van der Waals surface area (Å²) in [5, 5.41) is 9.83. The van der Waals surface area contributed by atoms with Gasteiger partial charge < -0.3 is 5.11 Å². The van der Waals surface area contributed by atoms with Gasteiger partial charge in [-0.2, -0.15) is 0 Å². The van der Waals surface area contributed by atoms with Crippen LogP contribution in [0.2, 0.25) is 0 Å². The molecule has 0 unspecified atom stereocenters. The van der Waals surface area contributed by atoms with Crippen LogP contribution in [0.15, 0.2) is 39.5 Å². The number of fused-ring (bicyclic) bond motifs is 4. The van der Waals surface area contributed by atoms with Gasteiger partial charge in [0.2, 0.25) is 0 Å². The number of carbonyl (C=O) groups excluding carboxylic acids is 1. The van der Waals surface area contributed by atoms with Gasteiger partial charge in [-0.05, 0) is 55.5 Å². The molecule has 3 aromatic rings. The van der Waals surface area contributed by atoms with E-state index in [4.69, 9.17) is 10.1 Å². The summed E-state index contributed by atoms with van der Waals surface area (Å²) >= 11 is 2.94. The van der Waals surface area contributed by atoms with Crippen molar-refractivity contribution >= 4 is 50.5 Å². The molecule has 1 N–H and O–H groups in total. The molecule has 0 saturated carbocycles. The number of aromatic carboxylic acids is 1. The second-order valence-corrected chi connectivity index (χ2v) is 9.87. The highest BCUT2D eigenvalue weighted by molar-refractivity contribution is 8.08. The largest absolute Gasteiger partial charge is 0.478 e. The Morgan fingerprint density at radius 3 is 2.68 bits per heavy atom. The van der Waals surface area contributed by atoms with E-state index < -0.39 is 5.97 Å². The van der Waals surface area contributed by atoms with E-state index in [2.05, 4.69) is 0 Å². The fraction of sp³-hybridized carbons (Fsp3) is 0.304. The van der Waals surface area contributed by atoms with Crippen LogP contribution < -0.4 is 5.56 Å². The van der Waals surface area contributed by atoms with Crippen molar-refractivity contribution in [3.63, 3.8) is 0 Å². The third-order valence-electron chi connectivity index (χ3n) is 5.88. The lowest BCUT2D eigenvalue weighted by atomic mass is 9.97. The van der Waals surface area contributed by atoms with Crippen LogP contribution in [0.25, 0.3) is 15.1 Å². The predicted molar refractivity (Wildman–Crippen MR) is 122 cm³/mol. The molecule has 3 heterocycles. The number of hydrogen-bond acceptors (Lipinski definition) is 6. The van der Waals surface area contributed by atoms with E-state index in [1.165, 1.54) is 23.1 Å². The van der Waals surface area contributed by atoms with E-state index >= 15 is 0 Å². The van der Waals surface area contributed by atoms with E-state index in [9.17, 15) is 14.4 Å². The first-order chi connectivity index (χ1) is 15.1. The predicted octanol–water partition coefficient (Wildman–Crippen LogP) is 4.53. The topological polar surface area (TPSA) is 89.3 Å². The Labute approximate surface area is 186 Å². The lowest BCUT2D eigenvalue weighted by Gasteiger charge is -2.17. The van der Waals surface area contributed by atoms with E-state index in [1.807, 2.05) is 4.57 Å². The smallest absolute Gasteiger partial charge is 0.335 e. The molecule has 1 aliphatic heterocycles. The van der Waals surface area contributed by atoms with Gasteiger partial charge in [0.15, 0.2) is 0 Å². The molecule has 8 heteroatoms. The Bertz CT molecular complexity index is 1300. The van der Waals surface area contributed by atoms with Crippen LogP contribution in [0.3, 0.4) is 0 Å². The summed E-state index contributed by atoms with van der Waals surface area (Å²) in [5.74, 6) is -0.105. The number of nitrogens with zero attached hydrogens (tertiary/aromatic N) is 2. The highest BCUT2D eigenvalue weighted by Gasteiger charge is 2.28. The first-order valence-corrected chi connectivity index (χ1v) is 11.9. The number of thioether (sulfide) groups is 1. The number of aryl methyl sites for hydroxylation is 2. The Balaban J connectivity index is 1.62. The van der Waals surface area contributed by atoms with Crippen LogP contribution >= 0.6 is 23.1 Å². The summed E-state index contributed by atoms with van der Waals surface area (Å²) < 4.78 is 1.85. The van der Waals surface area contributed by atoms with Gasteiger partial charge in [0, 0.05) is 33.2 Å². The van der Waals surface area contributed by atoms with Crippen molar-refractivity contribution in [2.75, 3.05) is 0 Å². The molecule has 158 valence electrons. The number of carbonyl (C=O) groups is 2. The summed E-state index contributed by atoms with van der Waals surface area (Å²) in [5.41, 5.74) is 1.98. The first-order valence-electron chi connectivity index (χ1n) is 10.3. The number of carboxylic acid groups (broad SMARTS) is 1. The highest BCUT2D eigenvalue weighted by Crippen LogP contribution is 2.47. The van der Waals surface area contributed by atoms with Crippen molar-refractivity contribution in [1.29, 1.82) is 0 Å². The maximum absolute atomic E-state index is 13.4. The lowest BCUT2D eigenvalue weighted by Crippen LogP contribution is -2.24. The van der Waals surface area contributed by atoms with Gasteiger partial charge >= 0.3 is 5.97 Å². The molecule has 1 aliphatic carbocycles. The van der Waals surface area contributed by atoms with Crippen LogP contribution in [0.5, 0.6) is 0 Å². The van der Waals surface area contributed by atoms with Gasteiger partial charge in [0.1, 0.15) is 16.9 Å². The molecular weight excluding hydrogens is 432 g/mol. The number of aldehydes is 1. The van der Waals surface area contributed by atoms with Gasteiger partial charge in [-0.3, -0.25) is 14.2 Å². The standard InChI is InChI=1S/C23H20N2O4S2/c26-12-14-7-10-16-18-21(24-17-4-2-1-3-11-25(17)22(18)27)31-20(16)19(14)30-15-8-5-13(6-9-15)23(28)29/h5-6,8-9,12H,1-4,7,10-11H2,(H,28,29). The third kappa shape index (κ3) is 3.53. The van der Waals surface area contributed by atoms with Gasteiger partial charge in [-0.1, -0.05) is 18.2 Å². The van der Waals surface area contributed by atoms with Crippen LogP contribution in [0, 0.1) is 0 Å². The van der Waals surface area contributed by atoms with Gasteiger partial charge in [-0.25, -0.2) is 9.78 Å². The average molecular weight is 453 g/mol. The molecule has 0 fully saturated rings. The van der Waals surface area contributed by atoms with E-state index in [-0.39, 0.29) is 11.1 Å². The Hall–Kier alpha value is -2.71. The molecule has 0 atom stereocenters. The fourth-order valence-corrected chi connectivity index (χ4v) is 6.74. The van der Waals surface area contributed by atoms with Crippen molar-refractivity contribution in [2.24, 2.45) is 0 Å². The minimum absolute atomic E-state index is 0.0455. The molecule has 1 aromatic carbocycles. The number of allylic oxidation sites excluding steroid dienone is 1. The average Bonchev–Trinajstić information content (AvgIpc) is 2.97. The minimum atomic E-state index is -0.972. The maximum Gasteiger partial charge on any atom is 0.335 e. The number of hydrogen-bond donors (Lipinski definition) is 1. The fourth-order valence-electron chi connectivity index (χ4n) is 4.28. The van der Waals surface area contributed by atoms with Crippen molar-refractivity contribution in [3.05, 3.63) is 62.0 Å². The number of aromatic nitrogens is 2. The number of carboxylic acids is 1. The summed E-state index contributed by atoms with van der Waals surface area (Å²) in [6.45, 7) is 0.717. The second kappa shape index (κ2) is 8.09. The molecule has 6 nitrogen and oxygen atoms in total. The van der Waals surface area contributed by atoms with Gasteiger partial charge in [-0.15, -0.1) is 11.3 Å². The first kappa shape index (κ1) is 20.2. The second-order valence-electron chi connectivity index (χ2n) is 7.79. The van der Waals surface area contributed by atoms with E-state index in [0.717, 1.165) is 62.9 Å². The number of thiophene rings is 1. The summed E-state index contributed by atoms with van der Waals surface area (Å²) in [7, 11) is 0. The molecule has 2 aromatic heterocycles. The third-order valence-corrected chi connectivity index (χ3v) is 8.33. The monoisotopic (exact) mass is 452 g/mol. The molecule has 2 aliphatic rings. The molecule has 0 spiro atoms. The summed E-state index contributed by atoms with van der Waals surface area (Å²) in [4.78, 5) is 44.6. The molecule has 5 rings (SSSR count). The van der Waals surface area contributed by atoms with Crippen molar-refractivity contribution in [2.45, 2.75) is 50.0 Å². The van der Waals surface area contributed by atoms with Crippen LogP contribution in [0.4, 0.5) is 0 Å². The quantitative estimate of drug-likeness (QED) is 0.585. The van der Waals surface area contributed by atoms with Gasteiger partial charge in [0.05, 0.1) is 10.9 Å². The molecular formula is C23H20N2O4S2. The molecule has 31 heavy (non-hydrogen) atoms. The molecule has 0 amide bonds. The Morgan fingerprint density at radius 2 is 1.94 bits per heavy atom. The summed E-state index contributed by atoms with van der Waals surface area (Å²) in [6.07, 6.45) is 6.11. The highest BCUT2D eigenvalue weighted by atomic mass is 32.2. The Kier molecular flexibility index (Phi) is 5.27. The molecule has 0 bridgehead atoms. The zero-order valence-corrected chi connectivity index (χ0v) is 18.4. The van der Waals surface area contributed by atoms with Crippen molar-refractivity contribution in [1.82, 2.24) is 9.55 Å². The maximum atomic E-state index is 13.4. The lowest BCUT2D eigenvalue weighted by molar-refractivity contribution is -0.105. The number of benzene rings is 1. The zero-order valence-electron chi connectivity index (χ0n) is 16.7. The van der Waals surface area contributed by atoms with E-state index in [0.29, 0.717) is 30.3 Å². The van der Waals surface area contributed by atoms with Gasteiger partial charge in [0.25, 0.3) is 5.56 Å². The van der Waals surface area contributed by atoms with Crippen LogP contribution in [-0.4, -0.2) is 26.9 Å². The van der Waals surface area contributed by atoms with E-state index in [1.54, 1.807) is 24.3 Å². The summed E-state index contributed by atoms with van der Waals surface area (Å²) in [6, 6.07) is 6.62. The SMILES string of the molecule is O=CC1=C(Sc2ccc(C(=O)O)cc2)c2sc3nc4n(c(=O)c3c2CC1)CCCCC4. The normalized spacial score (nSPS) is 16.0. The van der Waals surface area contributed by atoms with Crippen LogP contribution in [-0.2, 0) is 24.2 Å². The van der Waals surface area contributed by atoms with Crippen LogP contribution in [0.1, 0.15) is 52.3 Å². The molecule has 0 saturated heterocycles. The van der Waals surface area contributed by atoms with Crippen molar-refractivity contribution in [3.8, 4) is 0 Å². The zero-order chi connectivity index (χ0) is 21.5.